The molecule has 0 fully saturated rings. The minimum Gasteiger partial charge on any atom is -0.351 e. The number of pyridine rings is 1. The number of amides is 1. The standard InChI is InChI=1S/C20H20ClN3O.ClH/c1-24(2)11-10-22-20(25)17-13-16(21)12-15-8-9-18(23-19(15)17)14-6-4-3-5-7-14;/h3-9,12-13H,10-11H2,1-2H3,(H,22,25);1H. The lowest BCUT2D eigenvalue weighted by atomic mass is 10.1. The Morgan fingerprint density at radius 1 is 1.12 bits per heavy atom. The maximum absolute atomic E-state index is 12.6. The van der Waals surface area contributed by atoms with Crippen molar-refractivity contribution in [3.8, 4) is 11.3 Å². The van der Waals surface area contributed by atoms with Crippen LogP contribution in [0.2, 0.25) is 5.02 Å². The number of carbonyl (C=O) groups is 1. The number of benzene rings is 2. The van der Waals surface area contributed by atoms with E-state index in [1.165, 1.54) is 0 Å². The Hall–Kier alpha value is -2.14. The van der Waals surface area contributed by atoms with Crippen LogP contribution in [-0.2, 0) is 0 Å². The van der Waals surface area contributed by atoms with E-state index in [1.54, 1.807) is 6.07 Å². The van der Waals surface area contributed by atoms with Gasteiger partial charge in [-0.05, 0) is 32.3 Å². The SMILES string of the molecule is CN(C)CCNC(=O)c1cc(Cl)cc2ccc(-c3ccccc3)nc12.Cl. The summed E-state index contributed by atoms with van der Waals surface area (Å²) in [6, 6.07) is 17.3. The van der Waals surface area contributed by atoms with Crippen molar-refractivity contribution in [1.29, 1.82) is 0 Å². The van der Waals surface area contributed by atoms with Crippen LogP contribution in [0.4, 0.5) is 0 Å². The van der Waals surface area contributed by atoms with Crippen LogP contribution in [0.25, 0.3) is 22.2 Å². The molecule has 1 amide bonds. The number of aromatic nitrogens is 1. The first-order chi connectivity index (χ1) is 12.0. The van der Waals surface area contributed by atoms with Crippen molar-refractivity contribution in [3.05, 3.63) is 65.2 Å². The summed E-state index contributed by atoms with van der Waals surface area (Å²) in [6.45, 7) is 1.34. The zero-order chi connectivity index (χ0) is 17.8. The van der Waals surface area contributed by atoms with Crippen molar-refractivity contribution >= 4 is 40.8 Å². The molecule has 26 heavy (non-hydrogen) atoms. The summed E-state index contributed by atoms with van der Waals surface area (Å²) in [5, 5.41) is 4.31. The lowest BCUT2D eigenvalue weighted by molar-refractivity contribution is 0.0952. The summed E-state index contributed by atoms with van der Waals surface area (Å²) in [7, 11) is 3.93. The van der Waals surface area contributed by atoms with Gasteiger partial charge in [0, 0.05) is 29.1 Å². The largest absolute Gasteiger partial charge is 0.351 e. The highest BCUT2D eigenvalue weighted by atomic mass is 35.5. The fourth-order valence-corrected chi connectivity index (χ4v) is 2.86. The molecule has 0 atom stereocenters. The normalized spacial score (nSPS) is 10.6. The van der Waals surface area contributed by atoms with Gasteiger partial charge in [-0.1, -0.05) is 48.0 Å². The van der Waals surface area contributed by atoms with Gasteiger partial charge >= 0.3 is 0 Å². The molecule has 3 aromatic rings. The lowest BCUT2D eigenvalue weighted by Gasteiger charge is -2.12. The van der Waals surface area contributed by atoms with Crippen molar-refractivity contribution in [3.63, 3.8) is 0 Å². The Bertz CT molecular complexity index is 898. The molecule has 0 aliphatic carbocycles. The lowest BCUT2D eigenvalue weighted by Crippen LogP contribution is -2.31. The van der Waals surface area contributed by atoms with Gasteiger partial charge in [-0.3, -0.25) is 4.79 Å². The van der Waals surface area contributed by atoms with Crippen molar-refractivity contribution in [2.24, 2.45) is 0 Å². The molecule has 2 aromatic carbocycles. The highest BCUT2D eigenvalue weighted by Gasteiger charge is 2.14. The summed E-state index contributed by atoms with van der Waals surface area (Å²) in [4.78, 5) is 19.3. The van der Waals surface area contributed by atoms with E-state index < -0.39 is 0 Å². The Balaban J connectivity index is 0.00000243. The molecule has 0 saturated heterocycles. The number of hydrogen-bond acceptors (Lipinski definition) is 3. The Kier molecular flexibility index (Phi) is 6.98. The molecule has 136 valence electrons. The molecule has 4 nitrogen and oxygen atoms in total. The van der Waals surface area contributed by atoms with Crippen molar-refractivity contribution < 1.29 is 4.79 Å². The van der Waals surface area contributed by atoms with Crippen molar-refractivity contribution in [1.82, 2.24) is 15.2 Å². The first-order valence-electron chi connectivity index (χ1n) is 8.13. The van der Waals surface area contributed by atoms with Crippen LogP contribution < -0.4 is 5.32 Å². The van der Waals surface area contributed by atoms with E-state index in [2.05, 4.69) is 5.32 Å². The number of nitrogens with zero attached hydrogens (tertiary/aromatic N) is 2. The van der Waals surface area contributed by atoms with E-state index in [1.807, 2.05) is 67.5 Å². The van der Waals surface area contributed by atoms with Crippen molar-refractivity contribution in [2.75, 3.05) is 27.2 Å². The fraction of sp³-hybridized carbons (Fsp3) is 0.200. The number of nitrogens with one attached hydrogen (secondary N) is 1. The third-order valence-corrected chi connectivity index (χ3v) is 4.13. The van der Waals surface area contributed by atoms with Crippen LogP contribution in [0, 0.1) is 0 Å². The van der Waals surface area contributed by atoms with Gasteiger partial charge in [0.25, 0.3) is 5.91 Å². The Morgan fingerprint density at radius 2 is 1.85 bits per heavy atom. The predicted octanol–water partition coefficient (Wildman–Crippen LogP) is 4.27. The maximum atomic E-state index is 12.6. The van der Waals surface area contributed by atoms with Gasteiger partial charge in [0.1, 0.15) is 0 Å². The molecule has 0 aliphatic rings. The molecule has 0 unspecified atom stereocenters. The Labute approximate surface area is 164 Å². The zero-order valence-electron chi connectivity index (χ0n) is 14.7. The number of likely N-dealkylation sites (N-methyl/N-ethyl adjacent to an activating group) is 1. The van der Waals surface area contributed by atoms with Gasteiger partial charge in [0.2, 0.25) is 0 Å². The molecular weight excluding hydrogens is 369 g/mol. The third kappa shape index (κ3) is 4.73. The average molecular weight is 390 g/mol. The fourth-order valence-electron chi connectivity index (χ4n) is 2.63. The van der Waals surface area contributed by atoms with Gasteiger partial charge in [0.05, 0.1) is 16.8 Å². The van der Waals surface area contributed by atoms with Crippen LogP contribution >= 0.6 is 24.0 Å². The first-order valence-corrected chi connectivity index (χ1v) is 8.51. The molecule has 0 saturated carbocycles. The molecule has 3 rings (SSSR count). The molecule has 0 radical (unpaired) electrons. The van der Waals surface area contributed by atoms with Crippen LogP contribution in [0.5, 0.6) is 0 Å². The van der Waals surface area contributed by atoms with Gasteiger partial charge in [-0.25, -0.2) is 4.98 Å². The van der Waals surface area contributed by atoms with Crippen molar-refractivity contribution in [2.45, 2.75) is 0 Å². The van der Waals surface area contributed by atoms with E-state index in [0.717, 1.165) is 23.2 Å². The quantitative estimate of drug-likeness (QED) is 0.708. The molecule has 1 aromatic heterocycles. The number of rotatable bonds is 5. The molecule has 1 N–H and O–H groups in total. The van der Waals surface area contributed by atoms with Crippen LogP contribution in [0.1, 0.15) is 10.4 Å². The summed E-state index contributed by atoms with van der Waals surface area (Å²) in [6.07, 6.45) is 0. The van der Waals surface area contributed by atoms with Gasteiger partial charge < -0.3 is 10.2 Å². The van der Waals surface area contributed by atoms with Gasteiger partial charge in [-0.15, -0.1) is 12.4 Å². The maximum Gasteiger partial charge on any atom is 0.253 e. The average Bonchev–Trinajstić information content (AvgIpc) is 2.61. The monoisotopic (exact) mass is 389 g/mol. The number of halogens is 2. The van der Waals surface area contributed by atoms with Gasteiger partial charge in [0.15, 0.2) is 0 Å². The highest BCUT2D eigenvalue weighted by Crippen LogP contribution is 2.26. The predicted molar refractivity (Wildman–Crippen MR) is 110 cm³/mol. The molecule has 0 spiro atoms. The van der Waals surface area contributed by atoms with Gasteiger partial charge in [-0.2, -0.15) is 0 Å². The van der Waals surface area contributed by atoms with E-state index in [9.17, 15) is 4.79 Å². The summed E-state index contributed by atoms with van der Waals surface area (Å²) < 4.78 is 0. The summed E-state index contributed by atoms with van der Waals surface area (Å²) in [5.74, 6) is -0.160. The summed E-state index contributed by atoms with van der Waals surface area (Å²) in [5.41, 5.74) is 3.00. The minimum absolute atomic E-state index is 0. The Morgan fingerprint density at radius 3 is 2.54 bits per heavy atom. The molecular formula is C20H21Cl2N3O. The second kappa shape index (κ2) is 8.99. The van der Waals surface area contributed by atoms with Crippen LogP contribution in [0.3, 0.4) is 0 Å². The van der Waals surface area contributed by atoms with E-state index >= 15 is 0 Å². The first kappa shape index (κ1) is 20.2. The second-order valence-corrected chi connectivity index (χ2v) is 6.58. The van der Waals surface area contributed by atoms with E-state index in [-0.39, 0.29) is 18.3 Å². The molecule has 6 heteroatoms. The number of hydrogen-bond donors (Lipinski definition) is 1. The smallest absolute Gasteiger partial charge is 0.253 e. The minimum atomic E-state index is -0.160. The number of fused-ring (bicyclic) bond motifs is 1. The molecule has 0 aliphatic heterocycles. The second-order valence-electron chi connectivity index (χ2n) is 6.15. The van der Waals surface area contributed by atoms with Crippen LogP contribution in [0.15, 0.2) is 54.6 Å². The number of carbonyl (C=O) groups excluding carboxylic acids is 1. The summed E-state index contributed by atoms with van der Waals surface area (Å²) >= 11 is 6.19. The van der Waals surface area contributed by atoms with E-state index in [0.29, 0.717) is 22.6 Å². The molecule has 1 heterocycles. The highest BCUT2D eigenvalue weighted by molar-refractivity contribution is 6.32. The third-order valence-electron chi connectivity index (χ3n) is 3.92. The zero-order valence-corrected chi connectivity index (χ0v) is 16.3. The van der Waals surface area contributed by atoms with Crippen LogP contribution in [-0.4, -0.2) is 43.0 Å². The topological polar surface area (TPSA) is 45.2 Å². The molecule has 0 bridgehead atoms. The van der Waals surface area contributed by atoms with E-state index in [4.69, 9.17) is 16.6 Å².